The summed E-state index contributed by atoms with van der Waals surface area (Å²) in [5.41, 5.74) is 0. The molecule has 0 aliphatic carbocycles. The van der Waals surface area contributed by atoms with Crippen molar-refractivity contribution >= 4 is 18.3 Å². The molecule has 112 valence electrons. The summed E-state index contributed by atoms with van der Waals surface area (Å²) in [6, 6.07) is 0.303. The first-order chi connectivity index (χ1) is 8.68. The number of carbonyl (C=O) groups excluding carboxylic acids is 1. The first-order valence-electron chi connectivity index (χ1n) is 7.22. The summed E-state index contributed by atoms with van der Waals surface area (Å²) in [6.45, 7) is 5.95. The predicted molar refractivity (Wildman–Crippen MR) is 78.6 cm³/mol. The third-order valence-corrected chi connectivity index (χ3v) is 4.53. The molecule has 1 amide bonds. The fraction of sp³-hybridized carbons (Fsp3) is 0.929. The van der Waals surface area contributed by atoms with Gasteiger partial charge in [-0.2, -0.15) is 0 Å². The van der Waals surface area contributed by atoms with Crippen LogP contribution in [0.2, 0.25) is 0 Å². The van der Waals surface area contributed by atoms with Crippen molar-refractivity contribution in [1.82, 2.24) is 10.2 Å². The van der Waals surface area contributed by atoms with E-state index in [2.05, 4.69) is 12.2 Å². The number of hydrogen-bond donors (Lipinski definition) is 1. The molecular weight excluding hydrogens is 264 g/mol. The molecule has 0 saturated carbocycles. The van der Waals surface area contributed by atoms with Crippen LogP contribution in [0.4, 0.5) is 0 Å². The van der Waals surface area contributed by atoms with Gasteiger partial charge in [0.15, 0.2) is 0 Å². The zero-order chi connectivity index (χ0) is 13.0. The zero-order valence-corrected chi connectivity index (χ0v) is 12.9. The van der Waals surface area contributed by atoms with Crippen molar-refractivity contribution in [2.75, 3.05) is 33.4 Å². The highest BCUT2D eigenvalue weighted by Gasteiger charge is 2.27. The van der Waals surface area contributed by atoms with E-state index in [0.717, 1.165) is 26.1 Å². The maximum atomic E-state index is 12.2. The van der Waals surface area contributed by atoms with Gasteiger partial charge in [-0.15, -0.1) is 12.4 Å². The lowest BCUT2D eigenvalue weighted by Gasteiger charge is -2.30. The SMILES string of the molecule is CC(CC(=O)N(C)C1CCOC1)C1CCNCC1.Cl. The summed E-state index contributed by atoms with van der Waals surface area (Å²) in [5, 5.41) is 3.38. The van der Waals surface area contributed by atoms with Gasteiger partial charge in [-0.1, -0.05) is 6.92 Å². The molecule has 2 unspecified atom stereocenters. The second-order valence-electron chi connectivity index (χ2n) is 5.79. The number of nitrogens with one attached hydrogen (secondary N) is 1. The molecule has 0 aromatic heterocycles. The Morgan fingerprint density at radius 2 is 2.05 bits per heavy atom. The first kappa shape index (κ1) is 16.7. The van der Waals surface area contributed by atoms with Gasteiger partial charge < -0.3 is 15.0 Å². The van der Waals surface area contributed by atoms with Crippen molar-refractivity contribution in [1.29, 1.82) is 0 Å². The molecule has 2 aliphatic heterocycles. The molecule has 2 heterocycles. The van der Waals surface area contributed by atoms with E-state index < -0.39 is 0 Å². The van der Waals surface area contributed by atoms with Gasteiger partial charge in [0.2, 0.25) is 5.91 Å². The zero-order valence-electron chi connectivity index (χ0n) is 12.1. The molecule has 0 aromatic carbocycles. The molecule has 1 N–H and O–H groups in total. The van der Waals surface area contributed by atoms with E-state index in [1.54, 1.807) is 0 Å². The minimum Gasteiger partial charge on any atom is -0.379 e. The number of hydrogen-bond acceptors (Lipinski definition) is 3. The number of piperidine rings is 1. The van der Waals surface area contributed by atoms with Crippen LogP contribution < -0.4 is 5.32 Å². The summed E-state index contributed by atoms with van der Waals surface area (Å²) in [4.78, 5) is 14.1. The number of ether oxygens (including phenoxy) is 1. The molecule has 0 aromatic rings. The van der Waals surface area contributed by atoms with Crippen LogP contribution in [0.5, 0.6) is 0 Å². The molecule has 0 radical (unpaired) electrons. The van der Waals surface area contributed by atoms with Crippen molar-refractivity contribution in [2.45, 2.75) is 38.6 Å². The van der Waals surface area contributed by atoms with E-state index in [9.17, 15) is 4.79 Å². The van der Waals surface area contributed by atoms with Gasteiger partial charge in [0.1, 0.15) is 0 Å². The third-order valence-electron chi connectivity index (χ3n) is 4.53. The van der Waals surface area contributed by atoms with Crippen LogP contribution in [-0.4, -0.2) is 50.2 Å². The van der Waals surface area contributed by atoms with E-state index in [1.807, 2.05) is 11.9 Å². The number of nitrogens with zero attached hydrogens (tertiary/aromatic N) is 1. The van der Waals surface area contributed by atoms with Gasteiger partial charge >= 0.3 is 0 Å². The first-order valence-corrected chi connectivity index (χ1v) is 7.22. The van der Waals surface area contributed by atoms with Crippen LogP contribution in [0.3, 0.4) is 0 Å². The molecule has 4 nitrogen and oxygen atoms in total. The maximum Gasteiger partial charge on any atom is 0.222 e. The molecule has 0 bridgehead atoms. The Kier molecular flexibility index (Phi) is 7.11. The Hall–Kier alpha value is -0.320. The molecule has 2 saturated heterocycles. The topological polar surface area (TPSA) is 41.6 Å². The molecule has 5 heteroatoms. The monoisotopic (exact) mass is 290 g/mol. The summed E-state index contributed by atoms with van der Waals surface area (Å²) in [6.07, 6.45) is 4.11. The van der Waals surface area contributed by atoms with Crippen molar-refractivity contribution < 1.29 is 9.53 Å². The summed E-state index contributed by atoms with van der Waals surface area (Å²) >= 11 is 0. The van der Waals surface area contributed by atoms with Crippen molar-refractivity contribution in [3.05, 3.63) is 0 Å². The van der Waals surface area contributed by atoms with Crippen LogP contribution in [0.15, 0.2) is 0 Å². The van der Waals surface area contributed by atoms with Gasteiger partial charge in [-0.05, 0) is 44.2 Å². The molecule has 0 spiro atoms. The molecule has 2 rings (SSSR count). The Labute approximate surface area is 122 Å². The number of rotatable bonds is 4. The van der Waals surface area contributed by atoms with Gasteiger partial charge in [0.05, 0.1) is 12.6 Å². The molecule has 2 fully saturated rings. The maximum absolute atomic E-state index is 12.2. The average Bonchev–Trinajstić information content (AvgIpc) is 2.92. The minimum atomic E-state index is 0. The molecule has 2 atom stereocenters. The largest absolute Gasteiger partial charge is 0.379 e. The normalized spacial score (nSPS) is 25.7. The fourth-order valence-electron chi connectivity index (χ4n) is 3.03. The van der Waals surface area contributed by atoms with Crippen LogP contribution >= 0.6 is 12.4 Å². The smallest absolute Gasteiger partial charge is 0.222 e. The highest BCUT2D eigenvalue weighted by atomic mass is 35.5. The standard InChI is InChI=1S/C14H26N2O2.ClH/c1-11(12-3-6-15-7-4-12)9-14(17)16(2)13-5-8-18-10-13;/h11-13,15H,3-10H2,1-2H3;1H. The van der Waals surface area contributed by atoms with E-state index in [-0.39, 0.29) is 18.3 Å². The second-order valence-corrected chi connectivity index (χ2v) is 5.79. The lowest BCUT2D eigenvalue weighted by atomic mass is 9.84. The second kappa shape index (κ2) is 8.08. The van der Waals surface area contributed by atoms with Gasteiger partial charge in [-0.3, -0.25) is 4.79 Å². The number of amides is 1. The molecule has 19 heavy (non-hydrogen) atoms. The van der Waals surface area contributed by atoms with E-state index in [1.165, 1.54) is 12.8 Å². The summed E-state index contributed by atoms with van der Waals surface area (Å²) in [5.74, 6) is 1.50. The number of halogens is 1. The van der Waals surface area contributed by atoms with E-state index in [4.69, 9.17) is 4.74 Å². The van der Waals surface area contributed by atoms with E-state index in [0.29, 0.717) is 30.9 Å². The fourth-order valence-corrected chi connectivity index (χ4v) is 3.03. The Balaban J connectivity index is 0.00000180. The van der Waals surface area contributed by atoms with Crippen LogP contribution in [0.25, 0.3) is 0 Å². The van der Waals surface area contributed by atoms with Crippen LogP contribution in [-0.2, 0) is 9.53 Å². The summed E-state index contributed by atoms with van der Waals surface area (Å²) in [7, 11) is 1.93. The van der Waals surface area contributed by atoms with Crippen LogP contribution in [0, 0.1) is 11.8 Å². The Morgan fingerprint density at radius 1 is 1.37 bits per heavy atom. The number of carbonyl (C=O) groups is 1. The molecule has 2 aliphatic rings. The van der Waals surface area contributed by atoms with Crippen molar-refractivity contribution in [3.63, 3.8) is 0 Å². The predicted octanol–water partition coefficient (Wildman–Crippen LogP) is 1.68. The van der Waals surface area contributed by atoms with Crippen molar-refractivity contribution in [3.8, 4) is 0 Å². The van der Waals surface area contributed by atoms with Crippen molar-refractivity contribution in [2.24, 2.45) is 11.8 Å². The Bertz CT molecular complexity index is 277. The Morgan fingerprint density at radius 3 is 2.63 bits per heavy atom. The van der Waals surface area contributed by atoms with Gasteiger partial charge in [0, 0.05) is 20.1 Å². The summed E-state index contributed by atoms with van der Waals surface area (Å²) < 4.78 is 5.35. The average molecular weight is 291 g/mol. The van der Waals surface area contributed by atoms with Crippen LogP contribution in [0.1, 0.15) is 32.6 Å². The third kappa shape index (κ3) is 4.62. The lowest BCUT2D eigenvalue weighted by molar-refractivity contribution is -0.133. The minimum absolute atomic E-state index is 0. The van der Waals surface area contributed by atoms with Gasteiger partial charge in [-0.25, -0.2) is 0 Å². The quantitative estimate of drug-likeness (QED) is 0.856. The van der Waals surface area contributed by atoms with E-state index >= 15 is 0 Å². The highest BCUT2D eigenvalue weighted by molar-refractivity contribution is 5.85. The number of likely N-dealkylation sites (N-methyl/N-ethyl adjacent to an activating group) is 1. The molecular formula is C14H27ClN2O2. The lowest BCUT2D eigenvalue weighted by Crippen LogP contribution is -2.39. The van der Waals surface area contributed by atoms with Gasteiger partial charge in [0.25, 0.3) is 0 Å². The highest BCUT2D eigenvalue weighted by Crippen LogP contribution is 2.25.